The Bertz CT molecular complexity index is 1050. The summed E-state index contributed by atoms with van der Waals surface area (Å²) in [7, 11) is -2.04. The van der Waals surface area contributed by atoms with Crippen LogP contribution in [0.2, 0.25) is 0 Å². The average Bonchev–Trinajstić information content (AvgIpc) is 2.63. The minimum Gasteiger partial charge on any atom is -0.495 e. The fourth-order valence-corrected chi connectivity index (χ4v) is 4.94. The number of aryl methyl sites for hydroxylation is 1. The second kappa shape index (κ2) is 9.53. The van der Waals surface area contributed by atoms with E-state index in [1.54, 1.807) is 36.4 Å². The SMILES string of the molecule is COc1ccc(C)cc1N(Cc1ccc(C(=O)NC(C)(C)CC(C)(C)C)cc1)S(C)(=O)=O. The third-order valence-corrected chi connectivity index (χ3v) is 6.10. The van der Waals surface area contributed by atoms with Gasteiger partial charge >= 0.3 is 0 Å². The van der Waals surface area contributed by atoms with Gasteiger partial charge in [-0.15, -0.1) is 0 Å². The van der Waals surface area contributed by atoms with Crippen molar-refractivity contribution in [1.82, 2.24) is 5.32 Å². The van der Waals surface area contributed by atoms with Crippen LogP contribution >= 0.6 is 0 Å². The molecular formula is C25H36N2O4S. The summed E-state index contributed by atoms with van der Waals surface area (Å²) in [5, 5.41) is 3.10. The number of rotatable bonds is 8. The van der Waals surface area contributed by atoms with Crippen molar-refractivity contribution in [2.45, 2.75) is 60.0 Å². The molecule has 0 aliphatic heterocycles. The van der Waals surface area contributed by atoms with Crippen LogP contribution < -0.4 is 14.4 Å². The molecule has 1 amide bonds. The molecule has 0 aromatic heterocycles. The first-order valence-electron chi connectivity index (χ1n) is 10.7. The van der Waals surface area contributed by atoms with E-state index in [2.05, 4.69) is 26.1 Å². The minimum atomic E-state index is -3.56. The number of hydrogen-bond donors (Lipinski definition) is 1. The molecule has 7 heteroatoms. The van der Waals surface area contributed by atoms with Crippen LogP contribution in [-0.4, -0.2) is 33.2 Å². The van der Waals surface area contributed by atoms with Crippen molar-refractivity contribution < 1.29 is 17.9 Å². The molecule has 0 saturated heterocycles. The molecule has 0 aliphatic rings. The van der Waals surface area contributed by atoms with Crippen molar-refractivity contribution in [2.24, 2.45) is 5.41 Å². The van der Waals surface area contributed by atoms with Crippen LogP contribution in [-0.2, 0) is 16.6 Å². The van der Waals surface area contributed by atoms with E-state index >= 15 is 0 Å². The number of hydrogen-bond acceptors (Lipinski definition) is 4. The zero-order valence-electron chi connectivity index (χ0n) is 20.4. The van der Waals surface area contributed by atoms with Gasteiger partial charge in [0.2, 0.25) is 10.0 Å². The van der Waals surface area contributed by atoms with Gasteiger partial charge in [0.1, 0.15) is 5.75 Å². The highest BCUT2D eigenvalue weighted by atomic mass is 32.2. The van der Waals surface area contributed by atoms with Gasteiger partial charge in [0, 0.05) is 11.1 Å². The Hall–Kier alpha value is -2.54. The van der Waals surface area contributed by atoms with Gasteiger partial charge in [-0.05, 0) is 68.0 Å². The van der Waals surface area contributed by atoms with Gasteiger partial charge in [-0.2, -0.15) is 0 Å². The molecule has 0 unspecified atom stereocenters. The third-order valence-electron chi connectivity index (χ3n) is 4.97. The van der Waals surface area contributed by atoms with Crippen LogP contribution in [0.5, 0.6) is 5.75 Å². The summed E-state index contributed by atoms with van der Waals surface area (Å²) >= 11 is 0. The van der Waals surface area contributed by atoms with Crippen LogP contribution in [0.4, 0.5) is 5.69 Å². The Kier molecular flexibility index (Phi) is 7.66. The number of nitrogens with zero attached hydrogens (tertiary/aromatic N) is 1. The Labute approximate surface area is 193 Å². The van der Waals surface area contributed by atoms with Crippen LogP contribution in [0.1, 0.15) is 62.5 Å². The largest absolute Gasteiger partial charge is 0.495 e. The van der Waals surface area contributed by atoms with E-state index in [0.29, 0.717) is 17.0 Å². The number of benzene rings is 2. The predicted molar refractivity (Wildman–Crippen MR) is 131 cm³/mol. The van der Waals surface area contributed by atoms with Crippen LogP contribution in [0, 0.1) is 12.3 Å². The molecule has 0 aliphatic carbocycles. The normalized spacial score (nSPS) is 12.4. The predicted octanol–water partition coefficient (Wildman–Crippen LogP) is 4.91. The fourth-order valence-electron chi connectivity index (χ4n) is 4.05. The second-order valence-corrected chi connectivity index (χ2v) is 12.1. The molecule has 2 aromatic carbocycles. The van der Waals surface area contributed by atoms with Gasteiger partial charge < -0.3 is 10.1 Å². The molecule has 2 aromatic rings. The maximum atomic E-state index is 12.7. The summed E-state index contributed by atoms with van der Waals surface area (Å²) in [6, 6.07) is 12.4. The lowest BCUT2D eigenvalue weighted by Crippen LogP contribution is -2.45. The number of amides is 1. The quantitative estimate of drug-likeness (QED) is 0.607. The molecule has 0 heterocycles. The Balaban J connectivity index is 2.25. The number of sulfonamides is 1. The lowest BCUT2D eigenvalue weighted by molar-refractivity contribution is 0.0891. The molecule has 0 radical (unpaired) electrons. The van der Waals surface area contributed by atoms with Crippen LogP contribution in [0.25, 0.3) is 0 Å². The molecule has 0 bridgehead atoms. The van der Waals surface area contributed by atoms with Crippen molar-refractivity contribution in [1.29, 1.82) is 0 Å². The fraction of sp³-hybridized carbons (Fsp3) is 0.480. The summed E-state index contributed by atoms with van der Waals surface area (Å²) in [4.78, 5) is 12.7. The number of carbonyl (C=O) groups excluding carboxylic acids is 1. The van der Waals surface area contributed by atoms with Gasteiger partial charge in [-0.1, -0.05) is 39.0 Å². The highest BCUT2D eigenvalue weighted by molar-refractivity contribution is 7.92. The van der Waals surface area contributed by atoms with Gasteiger partial charge in [0.05, 0.1) is 25.6 Å². The lowest BCUT2D eigenvalue weighted by Gasteiger charge is -2.33. The van der Waals surface area contributed by atoms with E-state index in [-0.39, 0.29) is 23.4 Å². The zero-order valence-corrected chi connectivity index (χ0v) is 21.3. The number of anilines is 1. The molecular weight excluding hydrogens is 424 g/mol. The van der Waals surface area contributed by atoms with Crippen molar-refractivity contribution in [3.63, 3.8) is 0 Å². The van der Waals surface area contributed by atoms with Crippen molar-refractivity contribution in [3.05, 3.63) is 59.2 Å². The van der Waals surface area contributed by atoms with Crippen LogP contribution in [0.3, 0.4) is 0 Å². The van der Waals surface area contributed by atoms with Crippen molar-refractivity contribution in [2.75, 3.05) is 17.7 Å². The summed E-state index contributed by atoms with van der Waals surface area (Å²) in [6.07, 6.45) is 2.01. The number of methoxy groups -OCH3 is 1. The second-order valence-electron chi connectivity index (χ2n) is 10.2. The first kappa shape index (κ1) is 25.7. The maximum absolute atomic E-state index is 12.7. The van der Waals surface area contributed by atoms with Crippen molar-refractivity contribution in [3.8, 4) is 5.75 Å². The van der Waals surface area contributed by atoms with Gasteiger partial charge in [0.15, 0.2) is 0 Å². The zero-order chi connectivity index (χ0) is 24.3. The Morgan fingerprint density at radius 2 is 1.62 bits per heavy atom. The lowest BCUT2D eigenvalue weighted by atomic mass is 9.81. The summed E-state index contributed by atoms with van der Waals surface area (Å²) in [5.74, 6) is 0.337. The molecule has 6 nitrogen and oxygen atoms in total. The highest BCUT2D eigenvalue weighted by Crippen LogP contribution is 2.32. The maximum Gasteiger partial charge on any atom is 0.251 e. The highest BCUT2D eigenvalue weighted by Gasteiger charge is 2.27. The first-order valence-corrected chi connectivity index (χ1v) is 12.5. The van der Waals surface area contributed by atoms with Crippen LogP contribution in [0.15, 0.2) is 42.5 Å². The molecule has 2 rings (SSSR count). The van der Waals surface area contributed by atoms with Gasteiger partial charge in [-0.3, -0.25) is 9.10 Å². The van der Waals surface area contributed by atoms with E-state index in [9.17, 15) is 13.2 Å². The standard InChI is InChI=1S/C25H36N2O4S/c1-18-9-14-22(31-7)21(15-18)27(32(8,29)30)16-19-10-12-20(13-11-19)23(28)26-25(5,6)17-24(2,3)4/h9-15H,16-17H2,1-8H3,(H,26,28). The van der Waals surface area contributed by atoms with E-state index in [4.69, 9.17) is 4.74 Å². The molecule has 176 valence electrons. The van der Waals surface area contributed by atoms with E-state index in [0.717, 1.165) is 17.5 Å². The molecule has 0 atom stereocenters. The van der Waals surface area contributed by atoms with Gasteiger partial charge in [-0.25, -0.2) is 8.42 Å². The number of nitrogens with one attached hydrogen (secondary N) is 1. The number of carbonyl (C=O) groups is 1. The topological polar surface area (TPSA) is 75.7 Å². The Morgan fingerprint density at radius 1 is 1.03 bits per heavy atom. The molecule has 0 saturated carbocycles. The first-order chi connectivity index (χ1) is 14.6. The summed E-state index contributed by atoms with van der Waals surface area (Å²) in [5.41, 5.74) is 2.47. The van der Waals surface area contributed by atoms with E-state index < -0.39 is 10.0 Å². The summed E-state index contributed by atoms with van der Waals surface area (Å²) in [6.45, 7) is 12.5. The molecule has 32 heavy (non-hydrogen) atoms. The average molecular weight is 461 g/mol. The summed E-state index contributed by atoms with van der Waals surface area (Å²) < 4.78 is 31.8. The molecule has 0 spiro atoms. The molecule has 0 fully saturated rings. The van der Waals surface area contributed by atoms with E-state index in [1.165, 1.54) is 17.7 Å². The number of ether oxygens (including phenoxy) is 1. The Morgan fingerprint density at radius 3 is 2.12 bits per heavy atom. The minimum absolute atomic E-state index is 0.0899. The van der Waals surface area contributed by atoms with E-state index in [1.807, 2.05) is 26.8 Å². The smallest absolute Gasteiger partial charge is 0.251 e. The third kappa shape index (κ3) is 7.26. The molecule has 1 N–H and O–H groups in total. The van der Waals surface area contributed by atoms with Crippen molar-refractivity contribution >= 4 is 21.6 Å². The van der Waals surface area contributed by atoms with Gasteiger partial charge in [0.25, 0.3) is 5.91 Å². The monoisotopic (exact) mass is 460 g/mol.